The summed E-state index contributed by atoms with van der Waals surface area (Å²) >= 11 is 2.03. The van der Waals surface area contributed by atoms with E-state index in [1.807, 2.05) is 18.0 Å². The van der Waals surface area contributed by atoms with Gasteiger partial charge in [0.05, 0.1) is 0 Å². The van der Waals surface area contributed by atoms with E-state index in [0.717, 1.165) is 6.42 Å². The Morgan fingerprint density at radius 2 is 2.00 bits per heavy atom. The van der Waals surface area contributed by atoms with E-state index >= 15 is 0 Å². The SMILES string of the molecule is CC(C)c1ccnc(CCSCC(C)(C)C)c1. The Labute approximate surface area is 110 Å². The number of thioether (sulfide) groups is 1. The Kier molecular flexibility index (Phi) is 5.51. The Morgan fingerprint density at radius 1 is 1.29 bits per heavy atom. The largest absolute Gasteiger partial charge is 0.261 e. The molecule has 0 saturated carbocycles. The highest BCUT2D eigenvalue weighted by molar-refractivity contribution is 7.99. The lowest BCUT2D eigenvalue weighted by molar-refractivity contribution is 0.481. The summed E-state index contributed by atoms with van der Waals surface area (Å²) in [5.74, 6) is 2.99. The molecule has 96 valence electrons. The Balaban J connectivity index is 2.39. The fraction of sp³-hybridized carbons (Fsp3) is 0.667. The molecule has 0 bridgehead atoms. The highest BCUT2D eigenvalue weighted by Crippen LogP contribution is 2.21. The zero-order valence-electron chi connectivity index (χ0n) is 11.8. The average Bonchev–Trinajstić information content (AvgIpc) is 2.23. The van der Waals surface area contributed by atoms with Gasteiger partial charge in [-0.15, -0.1) is 0 Å². The van der Waals surface area contributed by atoms with Crippen LogP contribution in [0.15, 0.2) is 18.3 Å². The number of hydrogen-bond donors (Lipinski definition) is 0. The second-order valence-corrected chi connectivity index (χ2v) is 7.20. The van der Waals surface area contributed by atoms with Gasteiger partial charge in [-0.05, 0) is 47.0 Å². The summed E-state index contributed by atoms with van der Waals surface area (Å²) in [6.45, 7) is 11.3. The van der Waals surface area contributed by atoms with Gasteiger partial charge in [-0.2, -0.15) is 11.8 Å². The number of aryl methyl sites for hydroxylation is 1. The molecule has 1 aromatic rings. The van der Waals surface area contributed by atoms with Crippen molar-refractivity contribution >= 4 is 11.8 Å². The van der Waals surface area contributed by atoms with Gasteiger partial charge in [0.1, 0.15) is 0 Å². The molecule has 1 rings (SSSR count). The molecule has 1 nitrogen and oxygen atoms in total. The van der Waals surface area contributed by atoms with Gasteiger partial charge in [-0.1, -0.05) is 34.6 Å². The Morgan fingerprint density at radius 3 is 2.59 bits per heavy atom. The molecule has 0 N–H and O–H groups in total. The third-order valence-electron chi connectivity index (χ3n) is 2.54. The van der Waals surface area contributed by atoms with Gasteiger partial charge in [0.15, 0.2) is 0 Å². The number of aromatic nitrogens is 1. The van der Waals surface area contributed by atoms with Crippen molar-refractivity contribution in [1.82, 2.24) is 4.98 Å². The van der Waals surface area contributed by atoms with Crippen LogP contribution in [0.4, 0.5) is 0 Å². The van der Waals surface area contributed by atoms with Crippen molar-refractivity contribution < 1.29 is 0 Å². The summed E-state index contributed by atoms with van der Waals surface area (Å²) < 4.78 is 0. The predicted molar refractivity (Wildman–Crippen MR) is 78.8 cm³/mol. The topological polar surface area (TPSA) is 12.9 Å². The first-order chi connectivity index (χ1) is 7.88. The molecule has 0 radical (unpaired) electrons. The summed E-state index contributed by atoms with van der Waals surface area (Å²) in [6.07, 6.45) is 3.03. The van der Waals surface area contributed by atoms with Crippen molar-refractivity contribution in [3.63, 3.8) is 0 Å². The molecule has 0 unspecified atom stereocenters. The molecule has 0 aliphatic rings. The summed E-state index contributed by atoms with van der Waals surface area (Å²) in [6, 6.07) is 4.37. The van der Waals surface area contributed by atoms with Crippen LogP contribution in [-0.2, 0) is 6.42 Å². The molecule has 0 atom stereocenters. The molecule has 0 fully saturated rings. The minimum atomic E-state index is 0.428. The Hall–Kier alpha value is -0.500. The minimum Gasteiger partial charge on any atom is -0.261 e. The van der Waals surface area contributed by atoms with E-state index in [2.05, 4.69) is 51.7 Å². The lowest BCUT2D eigenvalue weighted by Crippen LogP contribution is -2.09. The second kappa shape index (κ2) is 6.44. The first kappa shape index (κ1) is 14.6. The maximum absolute atomic E-state index is 4.44. The summed E-state index contributed by atoms with van der Waals surface area (Å²) in [4.78, 5) is 4.44. The van der Waals surface area contributed by atoms with E-state index in [4.69, 9.17) is 0 Å². The molecule has 2 heteroatoms. The first-order valence-corrected chi connectivity index (χ1v) is 7.56. The molecule has 1 heterocycles. The van der Waals surface area contributed by atoms with Gasteiger partial charge in [-0.3, -0.25) is 4.98 Å². The van der Waals surface area contributed by atoms with E-state index in [0.29, 0.717) is 11.3 Å². The van der Waals surface area contributed by atoms with Crippen LogP contribution in [0.25, 0.3) is 0 Å². The van der Waals surface area contributed by atoms with Crippen LogP contribution < -0.4 is 0 Å². The zero-order chi connectivity index (χ0) is 12.9. The van der Waals surface area contributed by atoms with Gasteiger partial charge < -0.3 is 0 Å². The lowest BCUT2D eigenvalue weighted by atomic mass is 10.0. The molecular formula is C15H25NS. The van der Waals surface area contributed by atoms with Crippen LogP contribution in [0.3, 0.4) is 0 Å². The van der Waals surface area contributed by atoms with Gasteiger partial charge in [0.2, 0.25) is 0 Å². The van der Waals surface area contributed by atoms with Crippen molar-refractivity contribution in [3.8, 4) is 0 Å². The highest BCUT2D eigenvalue weighted by atomic mass is 32.2. The maximum Gasteiger partial charge on any atom is 0.0414 e. The van der Waals surface area contributed by atoms with Crippen molar-refractivity contribution in [1.29, 1.82) is 0 Å². The number of nitrogens with zero attached hydrogens (tertiary/aromatic N) is 1. The zero-order valence-corrected chi connectivity index (χ0v) is 12.6. The molecular weight excluding hydrogens is 226 g/mol. The van der Waals surface area contributed by atoms with Crippen LogP contribution in [0.1, 0.15) is 51.8 Å². The summed E-state index contributed by atoms with van der Waals surface area (Å²) in [5, 5.41) is 0. The fourth-order valence-electron chi connectivity index (χ4n) is 1.55. The third kappa shape index (κ3) is 6.11. The van der Waals surface area contributed by atoms with E-state index < -0.39 is 0 Å². The number of rotatable bonds is 5. The molecule has 0 spiro atoms. The van der Waals surface area contributed by atoms with Crippen LogP contribution in [0.5, 0.6) is 0 Å². The first-order valence-electron chi connectivity index (χ1n) is 6.41. The van der Waals surface area contributed by atoms with E-state index in [-0.39, 0.29) is 0 Å². The molecule has 0 aromatic carbocycles. The van der Waals surface area contributed by atoms with Gasteiger partial charge >= 0.3 is 0 Å². The van der Waals surface area contributed by atoms with Crippen molar-refractivity contribution in [2.75, 3.05) is 11.5 Å². The van der Waals surface area contributed by atoms with Gasteiger partial charge in [-0.25, -0.2) is 0 Å². The lowest BCUT2D eigenvalue weighted by Gasteiger charge is -2.17. The normalized spacial score (nSPS) is 12.1. The minimum absolute atomic E-state index is 0.428. The molecule has 0 aliphatic carbocycles. The van der Waals surface area contributed by atoms with Gasteiger partial charge in [0, 0.05) is 11.9 Å². The van der Waals surface area contributed by atoms with E-state index in [9.17, 15) is 0 Å². The van der Waals surface area contributed by atoms with Crippen LogP contribution in [-0.4, -0.2) is 16.5 Å². The number of pyridine rings is 1. The fourth-order valence-corrected chi connectivity index (χ4v) is 2.66. The van der Waals surface area contributed by atoms with Gasteiger partial charge in [0.25, 0.3) is 0 Å². The van der Waals surface area contributed by atoms with Crippen LogP contribution in [0.2, 0.25) is 0 Å². The molecule has 0 aliphatic heterocycles. The third-order valence-corrected chi connectivity index (χ3v) is 4.11. The smallest absolute Gasteiger partial charge is 0.0414 e. The molecule has 1 aromatic heterocycles. The van der Waals surface area contributed by atoms with Crippen LogP contribution >= 0.6 is 11.8 Å². The Bertz CT molecular complexity index is 339. The van der Waals surface area contributed by atoms with Crippen molar-refractivity contribution in [3.05, 3.63) is 29.6 Å². The quantitative estimate of drug-likeness (QED) is 0.713. The predicted octanol–water partition coefficient (Wildman–Crippen LogP) is 4.53. The molecule has 17 heavy (non-hydrogen) atoms. The monoisotopic (exact) mass is 251 g/mol. The maximum atomic E-state index is 4.44. The summed E-state index contributed by atoms with van der Waals surface area (Å²) in [7, 11) is 0. The second-order valence-electron chi connectivity index (χ2n) is 6.10. The average molecular weight is 251 g/mol. The molecule has 0 saturated heterocycles. The standard InChI is InChI=1S/C15H25NS/c1-12(2)13-6-8-16-14(10-13)7-9-17-11-15(3,4)5/h6,8,10,12H,7,9,11H2,1-5H3. The molecule has 0 amide bonds. The van der Waals surface area contributed by atoms with Crippen LogP contribution in [0, 0.1) is 5.41 Å². The van der Waals surface area contributed by atoms with E-state index in [1.165, 1.54) is 22.8 Å². The van der Waals surface area contributed by atoms with Crippen molar-refractivity contribution in [2.24, 2.45) is 5.41 Å². The highest BCUT2D eigenvalue weighted by Gasteiger charge is 2.09. The van der Waals surface area contributed by atoms with E-state index in [1.54, 1.807) is 0 Å². The number of hydrogen-bond acceptors (Lipinski definition) is 2. The van der Waals surface area contributed by atoms with Crippen molar-refractivity contribution in [2.45, 2.75) is 47.0 Å². The summed E-state index contributed by atoms with van der Waals surface area (Å²) in [5.41, 5.74) is 3.06.